The minimum Gasteiger partial charge on any atom is -0.354 e. The largest absolute Gasteiger partial charge is 0.433 e. The number of aromatic nitrogens is 3. The van der Waals surface area contributed by atoms with Crippen LogP contribution in [0.5, 0.6) is 0 Å². The molecule has 2 aromatic rings. The van der Waals surface area contributed by atoms with Crippen LogP contribution in [0.3, 0.4) is 0 Å². The van der Waals surface area contributed by atoms with E-state index in [0.29, 0.717) is 38.7 Å². The number of nitrogens with zero attached hydrogens (tertiary/aromatic N) is 5. The minimum atomic E-state index is -4.52. The molecule has 0 atom stereocenters. The topological polar surface area (TPSA) is 74.2 Å². The van der Waals surface area contributed by atoms with Gasteiger partial charge in [-0.2, -0.15) is 18.2 Å². The van der Waals surface area contributed by atoms with Gasteiger partial charge in [0.25, 0.3) is 5.91 Å². The Balaban J connectivity index is 1.64. The van der Waals surface area contributed by atoms with Crippen LogP contribution >= 0.6 is 0 Å². The summed E-state index contributed by atoms with van der Waals surface area (Å²) in [5.41, 5.74) is -0.0199. The van der Waals surface area contributed by atoms with E-state index in [9.17, 15) is 18.0 Å². The van der Waals surface area contributed by atoms with Crippen LogP contribution in [-0.4, -0.2) is 58.5 Å². The van der Waals surface area contributed by atoms with Crippen molar-refractivity contribution in [1.29, 1.82) is 0 Å². The number of hydrogen-bond acceptors (Lipinski definition) is 6. The van der Waals surface area contributed by atoms with Gasteiger partial charge in [0.05, 0.1) is 5.56 Å². The highest BCUT2D eigenvalue weighted by molar-refractivity contribution is 5.94. The number of aryl methyl sites for hydroxylation is 1. The molecule has 10 heteroatoms. The molecule has 28 heavy (non-hydrogen) atoms. The van der Waals surface area contributed by atoms with E-state index in [1.54, 1.807) is 4.90 Å². The van der Waals surface area contributed by atoms with Crippen molar-refractivity contribution < 1.29 is 18.0 Å². The number of halogens is 3. The molecule has 1 saturated heterocycles. The van der Waals surface area contributed by atoms with E-state index >= 15 is 0 Å². The van der Waals surface area contributed by atoms with Crippen LogP contribution in [0.1, 0.15) is 28.7 Å². The van der Waals surface area contributed by atoms with Crippen LogP contribution in [0.4, 0.5) is 24.9 Å². The number of hydrogen-bond donors (Lipinski definition) is 1. The Hall–Kier alpha value is -2.91. The van der Waals surface area contributed by atoms with E-state index in [1.165, 1.54) is 6.07 Å². The fourth-order valence-corrected chi connectivity index (χ4v) is 2.96. The van der Waals surface area contributed by atoms with Gasteiger partial charge in [0.2, 0.25) is 5.95 Å². The lowest BCUT2D eigenvalue weighted by Gasteiger charge is -2.35. The number of anilines is 2. The molecule has 0 unspecified atom stereocenters. The van der Waals surface area contributed by atoms with Crippen LogP contribution in [0.15, 0.2) is 24.4 Å². The molecule has 3 rings (SSSR count). The number of nitrogens with one attached hydrogen (secondary N) is 1. The van der Waals surface area contributed by atoms with Gasteiger partial charge in [-0.05, 0) is 26.0 Å². The summed E-state index contributed by atoms with van der Waals surface area (Å²) in [4.78, 5) is 28.4. The summed E-state index contributed by atoms with van der Waals surface area (Å²) in [7, 11) is 0. The molecular weight excluding hydrogens is 373 g/mol. The highest BCUT2D eigenvalue weighted by atomic mass is 19.4. The quantitative estimate of drug-likeness (QED) is 0.859. The second kappa shape index (κ2) is 7.99. The molecule has 7 nitrogen and oxygen atoms in total. The number of carbonyl (C=O) groups excluding carboxylic acids is 1. The Morgan fingerprint density at radius 1 is 1.18 bits per heavy atom. The number of carbonyl (C=O) groups is 1. The molecule has 0 radical (unpaired) electrons. The molecule has 0 aromatic carbocycles. The maximum atomic E-state index is 12.6. The Labute approximate surface area is 160 Å². The number of amides is 1. The summed E-state index contributed by atoms with van der Waals surface area (Å²) < 4.78 is 37.8. The molecule has 0 saturated carbocycles. The van der Waals surface area contributed by atoms with Gasteiger partial charge in [0, 0.05) is 50.7 Å². The van der Waals surface area contributed by atoms with Crippen molar-refractivity contribution >= 4 is 17.7 Å². The van der Waals surface area contributed by atoms with Crippen molar-refractivity contribution in [1.82, 2.24) is 19.9 Å². The lowest BCUT2D eigenvalue weighted by molar-refractivity contribution is -0.141. The van der Waals surface area contributed by atoms with Gasteiger partial charge >= 0.3 is 6.18 Å². The molecule has 1 aliphatic rings. The third-order valence-corrected chi connectivity index (χ3v) is 4.37. The fourth-order valence-electron chi connectivity index (χ4n) is 2.96. The Kier molecular flexibility index (Phi) is 5.66. The van der Waals surface area contributed by atoms with Gasteiger partial charge in [-0.25, -0.2) is 4.98 Å². The average Bonchev–Trinajstić information content (AvgIpc) is 2.67. The summed E-state index contributed by atoms with van der Waals surface area (Å²) >= 11 is 0. The van der Waals surface area contributed by atoms with Crippen molar-refractivity contribution in [3.63, 3.8) is 0 Å². The first kappa shape index (κ1) is 19.8. The molecule has 150 valence electrons. The number of piperazine rings is 1. The van der Waals surface area contributed by atoms with E-state index in [0.717, 1.165) is 23.8 Å². The highest BCUT2D eigenvalue weighted by Gasteiger charge is 2.32. The number of alkyl halides is 3. The molecule has 1 fully saturated rings. The SMILES string of the molecule is CCNc1nc(C)cc(N2CCN(C(=O)c3ccc(C(F)(F)F)nc3)CC2)n1. The Morgan fingerprint density at radius 3 is 2.46 bits per heavy atom. The molecule has 1 aliphatic heterocycles. The van der Waals surface area contributed by atoms with Crippen molar-refractivity contribution in [3.8, 4) is 0 Å². The van der Waals surface area contributed by atoms with Crippen LogP contribution in [0, 0.1) is 6.92 Å². The smallest absolute Gasteiger partial charge is 0.354 e. The third kappa shape index (κ3) is 4.49. The van der Waals surface area contributed by atoms with Gasteiger partial charge in [-0.3, -0.25) is 9.78 Å². The molecule has 1 N–H and O–H groups in total. The maximum Gasteiger partial charge on any atom is 0.433 e. The van der Waals surface area contributed by atoms with E-state index in [-0.39, 0.29) is 11.5 Å². The van der Waals surface area contributed by atoms with E-state index in [4.69, 9.17) is 0 Å². The van der Waals surface area contributed by atoms with Gasteiger partial charge in [0.1, 0.15) is 11.5 Å². The zero-order valence-electron chi connectivity index (χ0n) is 15.6. The summed E-state index contributed by atoms with van der Waals surface area (Å²) in [6.45, 7) is 6.60. The molecule has 1 amide bonds. The summed E-state index contributed by atoms with van der Waals surface area (Å²) in [6.07, 6.45) is -3.54. The minimum absolute atomic E-state index is 0.147. The fraction of sp³-hybridized carbons (Fsp3) is 0.444. The molecule has 0 bridgehead atoms. The van der Waals surface area contributed by atoms with Crippen LogP contribution in [0.2, 0.25) is 0 Å². The molecular formula is C18H21F3N6O. The molecule has 0 aliphatic carbocycles. The van der Waals surface area contributed by atoms with E-state index in [2.05, 4.69) is 25.2 Å². The Bertz CT molecular complexity index is 832. The van der Waals surface area contributed by atoms with E-state index in [1.807, 2.05) is 19.9 Å². The van der Waals surface area contributed by atoms with Crippen LogP contribution in [0.25, 0.3) is 0 Å². The van der Waals surface area contributed by atoms with Crippen LogP contribution < -0.4 is 10.2 Å². The average molecular weight is 394 g/mol. The normalized spacial score (nSPS) is 14.9. The molecule has 3 heterocycles. The van der Waals surface area contributed by atoms with Gasteiger partial charge in [-0.1, -0.05) is 0 Å². The second-order valence-electron chi connectivity index (χ2n) is 6.43. The summed E-state index contributed by atoms with van der Waals surface area (Å²) in [5, 5.41) is 3.09. The maximum absolute atomic E-state index is 12.6. The second-order valence-corrected chi connectivity index (χ2v) is 6.43. The first-order valence-corrected chi connectivity index (χ1v) is 8.95. The lowest BCUT2D eigenvalue weighted by atomic mass is 10.2. The zero-order valence-corrected chi connectivity index (χ0v) is 15.6. The summed E-state index contributed by atoms with van der Waals surface area (Å²) in [6, 6.07) is 3.88. The Morgan fingerprint density at radius 2 is 1.89 bits per heavy atom. The van der Waals surface area contributed by atoms with Crippen molar-refractivity contribution in [3.05, 3.63) is 41.3 Å². The van der Waals surface area contributed by atoms with Gasteiger partial charge in [0.15, 0.2) is 0 Å². The summed E-state index contributed by atoms with van der Waals surface area (Å²) in [5.74, 6) is 1.02. The molecule has 0 spiro atoms. The molecule has 2 aromatic heterocycles. The van der Waals surface area contributed by atoms with Crippen molar-refractivity contribution in [2.45, 2.75) is 20.0 Å². The van der Waals surface area contributed by atoms with Gasteiger partial charge < -0.3 is 15.1 Å². The predicted octanol–water partition coefficient (Wildman–Crippen LogP) is 2.59. The zero-order chi connectivity index (χ0) is 20.3. The van der Waals surface area contributed by atoms with Crippen molar-refractivity contribution in [2.75, 3.05) is 42.9 Å². The first-order valence-electron chi connectivity index (χ1n) is 8.95. The predicted molar refractivity (Wildman–Crippen MR) is 98.3 cm³/mol. The third-order valence-electron chi connectivity index (χ3n) is 4.37. The number of pyridine rings is 1. The monoisotopic (exact) mass is 394 g/mol. The van der Waals surface area contributed by atoms with Gasteiger partial charge in [-0.15, -0.1) is 0 Å². The van der Waals surface area contributed by atoms with Crippen molar-refractivity contribution in [2.24, 2.45) is 0 Å². The van der Waals surface area contributed by atoms with E-state index < -0.39 is 11.9 Å². The lowest BCUT2D eigenvalue weighted by Crippen LogP contribution is -2.49. The number of rotatable bonds is 4. The first-order chi connectivity index (χ1) is 13.3. The highest BCUT2D eigenvalue weighted by Crippen LogP contribution is 2.27. The standard InChI is InChI=1S/C18H21F3N6O/c1-3-22-17-24-12(2)10-15(25-17)26-6-8-27(9-7-26)16(28)13-4-5-14(23-11-13)18(19,20)21/h4-5,10-11H,3,6-9H2,1-2H3,(H,22,24,25). The van der Waals surface area contributed by atoms with Crippen LogP contribution in [-0.2, 0) is 6.18 Å².